The summed E-state index contributed by atoms with van der Waals surface area (Å²) < 4.78 is 0. The Morgan fingerprint density at radius 3 is 2.68 bits per heavy atom. The monoisotopic (exact) mass is 557 g/mol. The highest BCUT2D eigenvalue weighted by molar-refractivity contribution is 6.35. The van der Waals surface area contributed by atoms with Gasteiger partial charge in [0, 0.05) is 53.3 Å². The molecule has 0 aliphatic carbocycles. The second-order valence-electron chi connectivity index (χ2n) is 9.48. The number of guanidine groups is 1. The maximum atomic E-state index is 13.6. The molecule has 1 aliphatic rings. The fourth-order valence-corrected chi connectivity index (χ4v) is 5.40. The van der Waals surface area contributed by atoms with Gasteiger partial charge in [-0.1, -0.05) is 47.5 Å². The van der Waals surface area contributed by atoms with Crippen LogP contribution < -0.4 is 17.2 Å². The average Bonchev–Trinajstić information content (AvgIpc) is 3.30. The fraction of sp³-hybridized carbons (Fsp3) is 0.370. The van der Waals surface area contributed by atoms with Crippen LogP contribution in [0.5, 0.6) is 0 Å². The van der Waals surface area contributed by atoms with E-state index in [0.717, 1.165) is 22.0 Å². The number of nitrogens with zero attached hydrogens (tertiary/aromatic N) is 3. The van der Waals surface area contributed by atoms with E-state index in [-0.39, 0.29) is 24.2 Å². The zero-order valence-corrected chi connectivity index (χ0v) is 22.6. The van der Waals surface area contributed by atoms with Crippen molar-refractivity contribution in [3.63, 3.8) is 0 Å². The van der Waals surface area contributed by atoms with E-state index >= 15 is 0 Å². The summed E-state index contributed by atoms with van der Waals surface area (Å²) in [4.78, 5) is 37.8. The first kappa shape index (κ1) is 27.8. The van der Waals surface area contributed by atoms with Crippen molar-refractivity contribution >= 4 is 51.9 Å². The molecule has 0 spiro atoms. The summed E-state index contributed by atoms with van der Waals surface area (Å²) in [5, 5.41) is 2.11. The quantitative estimate of drug-likeness (QED) is 0.172. The van der Waals surface area contributed by atoms with Crippen molar-refractivity contribution in [1.82, 2.24) is 14.8 Å². The Balaban J connectivity index is 1.46. The van der Waals surface area contributed by atoms with Crippen LogP contribution in [0.4, 0.5) is 0 Å². The Hall–Kier alpha value is -3.27. The van der Waals surface area contributed by atoms with Crippen LogP contribution >= 0.6 is 23.2 Å². The van der Waals surface area contributed by atoms with Crippen molar-refractivity contribution < 1.29 is 9.59 Å². The van der Waals surface area contributed by atoms with E-state index in [1.54, 1.807) is 23.1 Å². The summed E-state index contributed by atoms with van der Waals surface area (Å²) in [6, 6.07) is 11.7. The summed E-state index contributed by atoms with van der Waals surface area (Å²) >= 11 is 12.3. The van der Waals surface area contributed by atoms with E-state index in [9.17, 15) is 9.59 Å². The van der Waals surface area contributed by atoms with E-state index in [0.29, 0.717) is 55.5 Å². The van der Waals surface area contributed by atoms with Gasteiger partial charge in [-0.05, 0) is 55.0 Å². The Kier molecular flexibility index (Phi) is 9.14. The van der Waals surface area contributed by atoms with Crippen molar-refractivity contribution in [2.45, 2.75) is 37.8 Å². The molecule has 1 saturated heterocycles. The van der Waals surface area contributed by atoms with Gasteiger partial charge in [-0.25, -0.2) is 0 Å². The molecule has 4 rings (SSSR count). The summed E-state index contributed by atoms with van der Waals surface area (Å²) in [6.45, 7) is 1.76. The summed E-state index contributed by atoms with van der Waals surface area (Å²) in [5.41, 5.74) is 20.2. The molecule has 0 saturated carbocycles. The number of carbonyl (C=O) groups excluding carboxylic acids is 2. The van der Waals surface area contributed by atoms with Gasteiger partial charge in [-0.2, -0.15) is 0 Å². The minimum absolute atomic E-state index is 0.00451. The number of rotatable bonds is 10. The van der Waals surface area contributed by atoms with Gasteiger partial charge in [0.1, 0.15) is 6.04 Å². The van der Waals surface area contributed by atoms with Crippen LogP contribution in [0.2, 0.25) is 10.0 Å². The van der Waals surface area contributed by atoms with Crippen LogP contribution in [0, 0.1) is 0 Å². The molecule has 1 aliphatic heterocycles. The molecule has 2 unspecified atom stereocenters. The molecule has 0 radical (unpaired) electrons. The van der Waals surface area contributed by atoms with Gasteiger partial charge in [0.15, 0.2) is 5.96 Å². The number of fused-ring (bicyclic) bond motifs is 1. The van der Waals surface area contributed by atoms with Crippen molar-refractivity contribution in [2.75, 3.05) is 26.2 Å². The Bertz CT molecular complexity index is 1320. The first-order valence-corrected chi connectivity index (χ1v) is 13.4. The lowest BCUT2D eigenvalue weighted by atomic mass is 10.0. The summed E-state index contributed by atoms with van der Waals surface area (Å²) in [6.07, 6.45) is 3.91. The van der Waals surface area contributed by atoms with Gasteiger partial charge < -0.3 is 32.0 Å². The largest absolute Gasteiger partial charge is 0.370 e. The number of aliphatic imine (C=N–C) groups is 1. The lowest BCUT2D eigenvalue weighted by Gasteiger charge is -2.41. The highest BCUT2D eigenvalue weighted by Gasteiger charge is 2.38. The topological polar surface area (TPSA) is 147 Å². The molecule has 2 heterocycles. The van der Waals surface area contributed by atoms with Crippen molar-refractivity contribution in [3.05, 3.63) is 69.8 Å². The number of hydrogen-bond acceptors (Lipinski definition) is 4. The molecular weight excluding hydrogens is 525 g/mol. The zero-order valence-electron chi connectivity index (χ0n) is 21.1. The van der Waals surface area contributed by atoms with Gasteiger partial charge in [0.25, 0.3) is 0 Å². The van der Waals surface area contributed by atoms with Crippen LogP contribution in [0.25, 0.3) is 10.9 Å². The molecule has 38 heavy (non-hydrogen) atoms. The standard InChI is InChI=1S/C27H33Cl2N7O2/c28-19-8-7-17(21(29)15-19)14-22(30)25(37)36-13-12-35(26(38)24(36)6-3-10-33-27(31)32)11-9-18-16-34-23-5-2-1-4-20(18)23/h1-2,4-5,7-8,15-16,22,24,34H,3,6,9-14,30H2,(H4,31,32,33). The van der Waals surface area contributed by atoms with Crippen molar-refractivity contribution in [1.29, 1.82) is 0 Å². The molecule has 2 aromatic carbocycles. The molecule has 1 aromatic heterocycles. The van der Waals surface area contributed by atoms with Crippen LogP contribution in [0.15, 0.2) is 53.7 Å². The maximum absolute atomic E-state index is 13.6. The smallest absolute Gasteiger partial charge is 0.245 e. The molecule has 9 nitrogen and oxygen atoms in total. The molecule has 7 N–H and O–H groups in total. The average molecular weight is 559 g/mol. The number of H-pyrrole nitrogens is 1. The Labute approximate surface area is 231 Å². The van der Waals surface area contributed by atoms with E-state index in [1.165, 1.54) is 0 Å². The number of piperazine rings is 1. The van der Waals surface area contributed by atoms with Gasteiger partial charge in [-0.3, -0.25) is 14.6 Å². The summed E-state index contributed by atoms with van der Waals surface area (Å²) in [7, 11) is 0. The van der Waals surface area contributed by atoms with Gasteiger partial charge in [0.2, 0.25) is 11.8 Å². The van der Waals surface area contributed by atoms with Crippen LogP contribution in [0.1, 0.15) is 24.0 Å². The van der Waals surface area contributed by atoms with E-state index in [4.69, 9.17) is 40.4 Å². The van der Waals surface area contributed by atoms with E-state index < -0.39 is 12.1 Å². The number of halogens is 2. The number of nitrogens with one attached hydrogen (secondary N) is 1. The second kappa shape index (κ2) is 12.5. The second-order valence-corrected chi connectivity index (χ2v) is 10.3. The first-order valence-electron chi connectivity index (χ1n) is 12.6. The Morgan fingerprint density at radius 1 is 1.13 bits per heavy atom. The number of amides is 2. The third-order valence-electron chi connectivity index (χ3n) is 6.90. The van der Waals surface area contributed by atoms with E-state index in [1.807, 2.05) is 29.3 Å². The lowest BCUT2D eigenvalue weighted by molar-refractivity contribution is -0.152. The minimum Gasteiger partial charge on any atom is -0.370 e. The number of aromatic nitrogens is 1. The molecular formula is C27H33Cl2N7O2. The SMILES string of the molecule is NC(N)=NCCCC1C(=O)N(CCc2c[nH]c3ccccc23)CCN1C(=O)C(N)Cc1ccc(Cl)cc1Cl. The number of aromatic amines is 1. The number of nitrogens with two attached hydrogens (primary N) is 3. The van der Waals surface area contributed by atoms with Gasteiger partial charge in [-0.15, -0.1) is 0 Å². The first-order chi connectivity index (χ1) is 18.2. The highest BCUT2D eigenvalue weighted by Crippen LogP contribution is 2.24. The molecule has 0 bridgehead atoms. The molecule has 2 amide bonds. The third-order valence-corrected chi connectivity index (χ3v) is 7.48. The normalized spacial score (nSPS) is 16.6. The predicted octanol–water partition coefficient (Wildman–Crippen LogP) is 2.68. The fourth-order valence-electron chi connectivity index (χ4n) is 4.91. The van der Waals surface area contributed by atoms with Gasteiger partial charge >= 0.3 is 0 Å². The molecule has 3 aromatic rings. The lowest BCUT2D eigenvalue weighted by Crippen LogP contribution is -2.61. The number of para-hydroxylation sites is 1. The minimum atomic E-state index is -0.848. The molecule has 11 heteroatoms. The Morgan fingerprint density at radius 2 is 1.92 bits per heavy atom. The zero-order chi connectivity index (χ0) is 27.2. The molecule has 2 atom stereocenters. The van der Waals surface area contributed by atoms with Crippen molar-refractivity contribution in [2.24, 2.45) is 22.2 Å². The van der Waals surface area contributed by atoms with Gasteiger partial charge in [0.05, 0.1) is 6.04 Å². The van der Waals surface area contributed by atoms with Crippen molar-refractivity contribution in [3.8, 4) is 0 Å². The maximum Gasteiger partial charge on any atom is 0.245 e. The van der Waals surface area contributed by atoms with E-state index in [2.05, 4.69) is 16.0 Å². The highest BCUT2D eigenvalue weighted by atomic mass is 35.5. The third kappa shape index (κ3) is 6.59. The predicted molar refractivity (Wildman–Crippen MR) is 152 cm³/mol. The number of hydrogen-bond donors (Lipinski definition) is 4. The summed E-state index contributed by atoms with van der Waals surface area (Å²) in [5.74, 6) is -0.381. The van der Waals surface area contributed by atoms with Crippen LogP contribution in [-0.2, 0) is 22.4 Å². The van der Waals surface area contributed by atoms with Crippen LogP contribution in [0.3, 0.4) is 0 Å². The molecule has 202 valence electrons. The number of carbonyl (C=O) groups is 2. The van der Waals surface area contributed by atoms with Crippen LogP contribution in [-0.4, -0.2) is 70.8 Å². The number of benzene rings is 2. The molecule has 1 fully saturated rings.